The Balaban J connectivity index is 3.30. The van der Waals surface area contributed by atoms with E-state index in [0.717, 1.165) is 24.0 Å². The van der Waals surface area contributed by atoms with Crippen molar-refractivity contribution in [1.82, 2.24) is 4.57 Å². The zero-order valence-corrected chi connectivity index (χ0v) is 10.4. The summed E-state index contributed by atoms with van der Waals surface area (Å²) in [7, 11) is 0. The molecular formula is C13H21NO. The van der Waals surface area contributed by atoms with Gasteiger partial charge in [-0.15, -0.1) is 0 Å². The van der Waals surface area contributed by atoms with Gasteiger partial charge in [0.05, 0.1) is 0 Å². The number of nitrogens with zero attached hydrogens (tertiary/aromatic N) is 1. The maximum absolute atomic E-state index is 10.9. The normalized spacial score (nSPS) is 13.2. The summed E-state index contributed by atoms with van der Waals surface area (Å²) in [6.45, 7) is 10.7. The molecule has 0 amide bonds. The lowest BCUT2D eigenvalue weighted by molar-refractivity contribution is 0.112. The van der Waals surface area contributed by atoms with Crippen molar-refractivity contribution in [2.24, 2.45) is 0 Å². The third kappa shape index (κ3) is 2.14. The summed E-state index contributed by atoms with van der Waals surface area (Å²) in [5.74, 6) is 0.514. The average molecular weight is 207 g/mol. The zero-order valence-electron chi connectivity index (χ0n) is 10.4. The van der Waals surface area contributed by atoms with Crippen LogP contribution in [-0.2, 0) is 0 Å². The minimum atomic E-state index is 0.419. The highest BCUT2D eigenvalue weighted by Crippen LogP contribution is 2.27. The second-order valence-corrected chi connectivity index (χ2v) is 4.50. The minimum Gasteiger partial charge on any atom is -0.345 e. The van der Waals surface area contributed by atoms with Gasteiger partial charge in [-0.3, -0.25) is 4.79 Å². The Bertz CT molecular complexity index is 350. The molecule has 0 bridgehead atoms. The maximum Gasteiger partial charge on any atom is 0.151 e. The van der Waals surface area contributed by atoms with Crippen LogP contribution in [0, 0.1) is 6.92 Å². The van der Waals surface area contributed by atoms with E-state index in [1.54, 1.807) is 0 Å². The SMILES string of the molecule is CCC(C)c1cc(C=O)c(C)n1C(C)C. The van der Waals surface area contributed by atoms with Crippen LogP contribution in [0.4, 0.5) is 0 Å². The third-order valence-electron chi connectivity index (χ3n) is 3.12. The van der Waals surface area contributed by atoms with E-state index < -0.39 is 0 Å². The summed E-state index contributed by atoms with van der Waals surface area (Å²) in [6, 6.07) is 2.46. The molecule has 1 aromatic heterocycles. The number of aldehydes is 1. The zero-order chi connectivity index (χ0) is 11.6. The highest BCUT2D eigenvalue weighted by atomic mass is 16.1. The smallest absolute Gasteiger partial charge is 0.151 e. The van der Waals surface area contributed by atoms with Gasteiger partial charge in [0.2, 0.25) is 0 Å². The van der Waals surface area contributed by atoms with E-state index in [1.807, 2.05) is 13.0 Å². The summed E-state index contributed by atoms with van der Waals surface area (Å²) in [5.41, 5.74) is 3.21. The standard InChI is InChI=1S/C13H21NO/c1-6-10(4)13-7-12(8-15)11(5)14(13)9(2)3/h7-10H,6H2,1-5H3. The number of hydrogen-bond acceptors (Lipinski definition) is 1. The molecule has 0 fully saturated rings. The van der Waals surface area contributed by atoms with Crippen molar-refractivity contribution in [2.45, 2.75) is 53.0 Å². The van der Waals surface area contributed by atoms with Gasteiger partial charge >= 0.3 is 0 Å². The van der Waals surface area contributed by atoms with Gasteiger partial charge in [0.1, 0.15) is 0 Å². The van der Waals surface area contributed by atoms with E-state index in [4.69, 9.17) is 0 Å². The van der Waals surface area contributed by atoms with Crippen molar-refractivity contribution < 1.29 is 4.79 Å². The summed E-state index contributed by atoms with van der Waals surface area (Å²) in [4.78, 5) is 10.9. The first-order chi connectivity index (χ1) is 7.02. The Hall–Kier alpha value is -1.05. The molecule has 15 heavy (non-hydrogen) atoms. The largest absolute Gasteiger partial charge is 0.345 e. The van der Waals surface area contributed by atoms with E-state index in [9.17, 15) is 4.79 Å². The second-order valence-electron chi connectivity index (χ2n) is 4.50. The molecule has 84 valence electrons. The Morgan fingerprint density at radius 1 is 1.40 bits per heavy atom. The summed E-state index contributed by atoms with van der Waals surface area (Å²) in [6.07, 6.45) is 2.06. The van der Waals surface area contributed by atoms with Gasteiger partial charge < -0.3 is 4.57 Å². The molecule has 0 saturated carbocycles. The van der Waals surface area contributed by atoms with Crippen molar-refractivity contribution in [3.8, 4) is 0 Å². The topological polar surface area (TPSA) is 22.0 Å². The fourth-order valence-corrected chi connectivity index (χ4v) is 2.06. The van der Waals surface area contributed by atoms with Crippen LogP contribution in [-0.4, -0.2) is 10.9 Å². The average Bonchev–Trinajstić information content (AvgIpc) is 2.54. The van der Waals surface area contributed by atoms with Crippen LogP contribution in [0.15, 0.2) is 6.07 Å². The van der Waals surface area contributed by atoms with Crippen molar-refractivity contribution in [2.75, 3.05) is 0 Å². The first-order valence-corrected chi connectivity index (χ1v) is 5.69. The molecule has 1 rings (SSSR count). The molecule has 1 atom stereocenters. The lowest BCUT2D eigenvalue weighted by Crippen LogP contribution is -2.09. The van der Waals surface area contributed by atoms with Crippen LogP contribution in [0.5, 0.6) is 0 Å². The van der Waals surface area contributed by atoms with Crippen LogP contribution < -0.4 is 0 Å². The van der Waals surface area contributed by atoms with Gasteiger partial charge in [0, 0.05) is 23.0 Å². The highest BCUT2D eigenvalue weighted by Gasteiger charge is 2.16. The van der Waals surface area contributed by atoms with E-state index in [2.05, 4.69) is 32.3 Å². The minimum absolute atomic E-state index is 0.419. The van der Waals surface area contributed by atoms with Gasteiger partial charge in [0.25, 0.3) is 0 Å². The molecule has 0 N–H and O–H groups in total. The Morgan fingerprint density at radius 3 is 2.40 bits per heavy atom. The molecule has 2 heteroatoms. The fraction of sp³-hybridized carbons (Fsp3) is 0.615. The molecule has 0 saturated heterocycles. The van der Waals surface area contributed by atoms with Gasteiger partial charge in [-0.2, -0.15) is 0 Å². The predicted molar refractivity (Wildman–Crippen MR) is 63.6 cm³/mol. The lowest BCUT2D eigenvalue weighted by Gasteiger charge is -2.19. The van der Waals surface area contributed by atoms with E-state index in [0.29, 0.717) is 12.0 Å². The molecule has 0 aliphatic carbocycles. The molecule has 0 radical (unpaired) electrons. The van der Waals surface area contributed by atoms with E-state index in [1.165, 1.54) is 5.69 Å². The molecule has 1 aromatic rings. The summed E-state index contributed by atoms with van der Waals surface area (Å²) >= 11 is 0. The second kappa shape index (κ2) is 4.65. The Labute approximate surface area is 92.3 Å². The van der Waals surface area contributed by atoms with Crippen LogP contribution in [0.1, 0.15) is 67.8 Å². The van der Waals surface area contributed by atoms with Gasteiger partial charge in [-0.1, -0.05) is 13.8 Å². The van der Waals surface area contributed by atoms with Crippen molar-refractivity contribution in [1.29, 1.82) is 0 Å². The number of aromatic nitrogens is 1. The summed E-state index contributed by atoms with van der Waals surface area (Å²) < 4.78 is 2.28. The van der Waals surface area contributed by atoms with Crippen LogP contribution in [0.25, 0.3) is 0 Å². The van der Waals surface area contributed by atoms with Crippen LogP contribution in [0.2, 0.25) is 0 Å². The van der Waals surface area contributed by atoms with E-state index >= 15 is 0 Å². The van der Waals surface area contributed by atoms with Crippen molar-refractivity contribution >= 4 is 6.29 Å². The Kier molecular flexibility index (Phi) is 3.72. The van der Waals surface area contributed by atoms with Crippen LogP contribution in [0.3, 0.4) is 0 Å². The molecule has 0 aliphatic rings. The number of carbonyl (C=O) groups excluding carboxylic acids is 1. The maximum atomic E-state index is 10.9. The third-order valence-corrected chi connectivity index (χ3v) is 3.12. The lowest BCUT2D eigenvalue weighted by atomic mass is 10.0. The molecular weight excluding hydrogens is 186 g/mol. The molecule has 1 unspecified atom stereocenters. The van der Waals surface area contributed by atoms with Crippen molar-refractivity contribution in [3.05, 3.63) is 23.0 Å². The van der Waals surface area contributed by atoms with E-state index in [-0.39, 0.29) is 0 Å². The first-order valence-electron chi connectivity index (χ1n) is 5.69. The number of rotatable bonds is 4. The van der Waals surface area contributed by atoms with Crippen LogP contribution >= 0.6 is 0 Å². The molecule has 1 heterocycles. The molecule has 2 nitrogen and oxygen atoms in total. The number of hydrogen-bond donors (Lipinski definition) is 0. The predicted octanol–water partition coefficient (Wildman–Crippen LogP) is 3.70. The highest BCUT2D eigenvalue weighted by molar-refractivity contribution is 5.77. The van der Waals surface area contributed by atoms with Crippen molar-refractivity contribution in [3.63, 3.8) is 0 Å². The fourth-order valence-electron chi connectivity index (χ4n) is 2.06. The summed E-state index contributed by atoms with van der Waals surface area (Å²) in [5, 5.41) is 0. The molecule has 0 spiro atoms. The molecule has 0 aliphatic heterocycles. The van der Waals surface area contributed by atoms with Gasteiger partial charge in [-0.05, 0) is 39.2 Å². The molecule has 0 aromatic carbocycles. The van der Waals surface area contributed by atoms with Gasteiger partial charge in [0.15, 0.2) is 6.29 Å². The Morgan fingerprint density at radius 2 is 2.00 bits per heavy atom. The first kappa shape index (κ1) is 12.0. The van der Waals surface area contributed by atoms with Gasteiger partial charge in [-0.25, -0.2) is 0 Å². The monoisotopic (exact) mass is 207 g/mol. The quantitative estimate of drug-likeness (QED) is 0.690. The number of carbonyl (C=O) groups is 1.